The van der Waals surface area contributed by atoms with Gasteiger partial charge in [-0.2, -0.15) is 23.3 Å². The average molecular weight is 395 g/mol. The Morgan fingerprint density at radius 3 is 2.68 bits per heavy atom. The van der Waals surface area contributed by atoms with Crippen molar-refractivity contribution in [2.75, 3.05) is 20.3 Å². The first-order valence-corrected chi connectivity index (χ1v) is 8.16. The molecule has 1 amide bonds. The van der Waals surface area contributed by atoms with Gasteiger partial charge in [0.15, 0.2) is 0 Å². The van der Waals surface area contributed by atoms with Gasteiger partial charge < -0.3 is 14.6 Å². The number of amides is 1. The lowest BCUT2D eigenvalue weighted by molar-refractivity contribution is -0.159. The third-order valence-electron chi connectivity index (χ3n) is 3.71. The molecular formula is C17H16F3N5O3. The van der Waals surface area contributed by atoms with E-state index in [1.165, 1.54) is 6.20 Å². The van der Waals surface area contributed by atoms with E-state index in [0.29, 0.717) is 30.8 Å². The van der Waals surface area contributed by atoms with E-state index in [-0.39, 0.29) is 11.7 Å². The molecule has 11 heteroatoms. The minimum atomic E-state index is -4.68. The molecule has 1 aromatic carbocycles. The van der Waals surface area contributed by atoms with Crippen LogP contribution in [0.15, 0.2) is 41.2 Å². The maximum Gasteiger partial charge on any atom is 0.471 e. The van der Waals surface area contributed by atoms with Crippen molar-refractivity contribution in [1.82, 2.24) is 25.2 Å². The highest BCUT2D eigenvalue weighted by Gasteiger charge is 2.38. The van der Waals surface area contributed by atoms with Crippen LogP contribution in [-0.4, -0.2) is 46.1 Å². The third kappa shape index (κ3) is 4.74. The largest absolute Gasteiger partial charge is 0.471 e. The molecule has 1 N–H and O–H groups in total. The van der Waals surface area contributed by atoms with Crippen molar-refractivity contribution in [3.05, 3.63) is 53.7 Å². The van der Waals surface area contributed by atoms with Gasteiger partial charge in [-0.1, -0.05) is 29.4 Å². The first kappa shape index (κ1) is 19.5. The second-order valence-corrected chi connectivity index (χ2v) is 5.79. The van der Waals surface area contributed by atoms with E-state index in [9.17, 15) is 18.0 Å². The number of carbonyl (C=O) groups excluding carboxylic acids is 1. The molecule has 0 bridgehead atoms. The van der Waals surface area contributed by atoms with E-state index in [1.807, 2.05) is 0 Å². The molecule has 2 aromatic heterocycles. The average Bonchev–Trinajstić information content (AvgIpc) is 3.32. The minimum absolute atomic E-state index is 0.145. The van der Waals surface area contributed by atoms with Crippen molar-refractivity contribution in [3.8, 4) is 11.4 Å². The highest BCUT2D eigenvalue weighted by Crippen LogP contribution is 2.29. The number of nitrogens with one attached hydrogen (secondary N) is 1. The lowest BCUT2D eigenvalue weighted by Gasteiger charge is -2.03. The van der Waals surface area contributed by atoms with Crippen molar-refractivity contribution in [2.24, 2.45) is 0 Å². The number of ether oxygens (including phenoxy) is 1. The van der Waals surface area contributed by atoms with Gasteiger partial charge in [-0.25, -0.2) is 0 Å². The summed E-state index contributed by atoms with van der Waals surface area (Å²) < 4.78 is 48.3. The SMILES string of the molecule is COCCNC(=O)c1cnn(Cc2ccc(-c3noc(C(F)(F)F)n3)cc2)c1. The van der Waals surface area contributed by atoms with Crippen LogP contribution in [0.25, 0.3) is 11.4 Å². The van der Waals surface area contributed by atoms with Crippen molar-refractivity contribution < 1.29 is 27.2 Å². The summed E-state index contributed by atoms with van der Waals surface area (Å²) in [6, 6.07) is 6.59. The Morgan fingerprint density at radius 2 is 2.04 bits per heavy atom. The lowest BCUT2D eigenvalue weighted by atomic mass is 10.1. The Kier molecular flexibility index (Phi) is 5.73. The molecule has 3 rings (SSSR count). The van der Waals surface area contributed by atoms with E-state index in [1.54, 1.807) is 42.3 Å². The van der Waals surface area contributed by atoms with Gasteiger partial charge in [-0.05, 0) is 5.56 Å². The van der Waals surface area contributed by atoms with Crippen LogP contribution < -0.4 is 5.32 Å². The standard InChI is InChI=1S/C17H16F3N5O3/c1-27-7-6-21-15(26)13-8-22-25(10-13)9-11-2-4-12(5-3-11)14-23-16(28-24-14)17(18,19)20/h2-5,8,10H,6-7,9H2,1H3,(H,21,26). The van der Waals surface area contributed by atoms with Crippen LogP contribution in [0.2, 0.25) is 0 Å². The first-order chi connectivity index (χ1) is 13.4. The van der Waals surface area contributed by atoms with E-state index >= 15 is 0 Å². The molecule has 0 saturated heterocycles. The quantitative estimate of drug-likeness (QED) is 0.617. The molecule has 0 saturated carbocycles. The van der Waals surface area contributed by atoms with Crippen LogP contribution in [0.4, 0.5) is 13.2 Å². The zero-order valence-electron chi connectivity index (χ0n) is 14.7. The van der Waals surface area contributed by atoms with Gasteiger partial charge in [0.05, 0.1) is 24.9 Å². The highest BCUT2D eigenvalue weighted by atomic mass is 19.4. The van der Waals surface area contributed by atoms with Gasteiger partial charge in [0.2, 0.25) is 5.82 Å². The van der Waals surface area contributed by atoms with Crippen LogP contribution >= 0.6 is 0 Å². The van der Waals surface area contributed by atoms with Crippen LogP contribution in [0.5, 0.6) is 0 Å². The molecule has 0 unspecified atom stereocenters. The van der Waals surface area contributed by atoms with E-state index in [2.05, 4.69) is 25.1 Å². The summed E-state index contributed by atoms with van der Waals surface area (Å²) in [5.41, 5.74) is 1.64. The summed E-state index contributed by atoms with van der Waals surface area (Å²) in [5.74, 6) is -1.79. The third-order valence-corrected chi connectivity index (χ3v) is 3.71. The summed E-state index contributed by atoms with van der Waals surface area (Å²) in [4.78, 5) is 15.3. The van der Waals surface area contributed by atoms with Crippen LogP contribution in [0.3, 0.4) is 0 Å². The molecule has 0 fully saturated rings. The summed E-state index contributed by atoms with van der Waals surface area (Å²) in [5, 5.41) is 10.2. The topological polar surface area (TPSA) is 95.1 Å². The number of methoxy groups -OCH3 is 1. The van der Waals surface area contributed by atoms with E-state index in [4.69, 9.17) is 4.74 Å². The number of aromatic nitrogens is 4. The fourth-order valence-corrected chi connectivity index (χ4v) is 2.34. The zero-order valence-corrected chi connectivity index (χ0v) is 14.7. The monoisotopic (exact) mass is 395 g/mol. The fourth-order valence-electron chi connectivity index (χ4n) is 2.34. The molecule has 148 valence electrons. The number of halogens is 3. The summed E-state index contributed by atoms with van der Waals surface area (Å²) in [6.45, 7) is 1.19. The number of benzene rings is 1. The molecule has 0 aliphatic carbocycles. The molecule has 0 aliphatic rings. The van der Waals surface area contributed by atoms with Crippen LogP contribution in [0, 0.1) is 0 Å². The van der Waals surface area contributed by atoms with Gasteiger partial charge in [0, 0.05) is 25.4 Å². The van der Waals surface area contributed by atoms with Gasteiger partial charge in [-0.3, -0.25) is 9.48 Å². The van der Waals surface area contributed by atoms with Gasteiger partial charge in [0.1, 0.15) is 0 Å². The Labute approximate surface area is 157 Å². The molecule has 0 aliphatic heterocycles. The first-order valence-electron chi connectivity index (χ1n) is 8.16. The smallest absolute Gasteiger partial charge is 0.383 e. The normalized spacial score (nSPS) is 11.6. The molecular weight excluding hydrogens is 379 g/mol. The fraction of sp³-hybridized carbons (Fsp3) is 0.294. The van der Waals surface area contributed by atoms with Crippen molar-refractivity contribution in [3.63, 3.8) is 0 Å². The van der Waals surface area contributed by atoms with Crippen LogP contribution in [-0.2, 0) is 17.5 Å². The van der Waals surface area contributed by atoms with Crippen molar-refractivity contribution in [2.45, 2.75) is 12.7 Å². The molecule has 0 radical (unpaired) electrons. The second-order valence-electron chi connectivity index (χ2n) is 5.79. The number of nitrogens with zero attached hydrogens (tertiary/aromatic N) is 4. The zero-order chi connectivity index (χ0) is 20.1. The van der Waals surface area contributed by atoms with Gasteiger partial charge in [-0.15, -0.1) is 0 Å². The number of alkyl halides is 3. The Bertz CT molecular complexity index is 934. The highest BCUT2D eigenvalue weighted by molar-refractivity contribution is 5.93. The van der Waals surface area contributed by atoms with Gasteiger partial charge in [0.25, 0.3) is 5.91 Å². The number of carbonyl (C=O) groups is 1. The molecule has 3 aromatic rings. The number of rotatable bonds is 7. The predicted molar refractivity (Wildman–Crippen MR) is 90.3 cm³/mol. The molecule has 8 nitrogen and oxygen atoms in total. The maximum atomic E-state index is 12.5. The second kappa shape index (κ2) is 8.21. The number of hydrogen-bond donors (Lipinski definition) is 1. The Hall–Kier alpha value is -3.21. The molecule has 0 atom stereocenters. The Balaban J connectivity index is 1.63. The summed E-state index contributed by atoms with van der Waals surface area (Å²) in [6.07, 6.45) is -1.63. The molecule has 28 heavy (non-hydrogen) atoms. The van der Waals surface area contributed by atoms with Crippen LogP contribution in [0.1, 0.15) is 21.8 Å². The maximum absolute atomic E-state index is 12.5. The van der Waals surface area contributed by atoms with E-state index in [0.717, 1.165) is 5.56 Å². The van der Waals surface area contributed by atoms with Crippen molar-refractivity contribution in [1.29, 1.82) is 0 Å². The summed E-state index contributed by atoms with van der Waals surface area (Å²) in [7, 11) is 1.55. The molecule has 0 spiro atoms. The minimum Gasteiger partial charge on any atom is -0.383 e. The number of hydrogen-bond acceptors (Lipinski definition) is 6. The Morgan fingerprint density at radius 1 is 1.29 bits per heavy atom. The van der Waals surface area contributed by atoms with Crippen molar-refractivity contribution >= 4 is 5.91 Å². The summed E-state index contributed by atoms with van der Waals surface area (Å²) >= 11 is 0. The predicted octanol–water partition coefficient (Wildman–Crippen LogP) is 2.38. The van der Waals surface area contributed by atoms with Gasteiger partial charge >= 0.3 is 12.1 Å². The lowest BCUT2D eigenvalue weighted by Crippen LogP contribution is -2.26. The van der Waals surface area contributed by atoms with E-state index < -0.39 is 12.1 Å². The molecule has 2 heterocycles.